The van der Waals surface area contributed by atoms with Gasteiger partial charge in [-0.15, -0.1) is 0 Å². The van der Waals surface area contributed by atoms with Crippen LogP contribution in [0.25, 0.3) is 0 Å². The van der Waals surface area contributed by atoms with E-state index in [1.54, 1.807) is 24.3 Å². The molecular weight excluding hydrogens is 318 g/mol. The first-order valence-electron chi connectivity index (χ1n) is 8.14. The number of esters is 1. The van der Waals surface area contributed by atoms with Crippen LogP contribution < -0.4 is 10.1 Å². The first-order valence-corrected chi connectivity index (χ1v) is 8.14. The van der Waals surface area contributed by atoms with Gasteiger partial charge in [-0.3, -0.25) is 4.79 Å². The molecule has 5 nitrogen and oxygen atoms in total. The summed E-state index contributed by atoms with van der Waals surface area (Å²) >= 11 is 0. The Balaban J connectivity index is 2.04. The zero-order valence-electron chi connectivity index (χ0n) is 14.9. The zero-order chi connectivity index (χ0) is 18.4. The van der Waals surface area contributed by atoms with Crippen LogP contribution in [0.2, 0.25) is 0 Å². The summed E-state index contributed by atoms with van der Waals surface area (Å²) in [4.78, 5) is 24.1. The van der Waals surface area contributed by atoms with Crippen molar-refractivity contribution in [1.29, 1.82) is 0 Å². The van der Waals surface area contributed by atoms with Crippen LogP contribution in [0.1, 0.15) is 29.8 Å². The summed E-state index contributed by atoms with van der Waals surface area (Å²) in [6, 6.07) is 13.8. The van der Waals surface area contributed by atoms with Gasteiger partial charge in [0.2, 0.25) is 0 Å². The molecule has 1 amide bonds. The van der Waals surface area contributed by atoms with E-state index >= 15 is 0 Å². The standard InChI is InChI=1S/C20H23NO4/c1-13(2)18(20(23)24-4)21-19(22)15-7-11-17(12-8-15)25-16-9-5-14(3)6-10-16/h5-13,18H,1-4H3,(H,21,22)/t18-/m0/s1. The third-order valence-corrected chi connectivity index (χ3v) is 3.78. The molecule has 0 saturated carbocycles. The lowest BCUT2D eigenvalue weighted by Gasteiger charge is -2.19. The molecule has 0 spiro atoms. The zero-order valence-corrected chi connectivity index (χ0v) is 14.9. The third-order valence-electron chi connectivity index (χ3n) is 3.78. The average Bonchev–Trinajstić information content (AvgIpc) is 2.61. The minimum Gasteiger partial charge on any atom is -0.467 e. The van der Waals surface area contributed by atoms with E-state index in [2.05, 4.69) is 5.32 Å². The molecule has 0 saturated heterocycles. The fourth-order valence-corrected chi connectivity index (χ4v) is 2.27. The van der Waals surface area contributed by atoms with Crippen LogP contribution in [0, 0.1) is 12.8 Å². The Morgan fingerprint density at radius 1 is 0.920 bits per heavy atom. The molecule has 5 heteroatoms. The van der Waals surface area contributed by atoms with Crippen LogP contribution in [0.4, 0.5) is 0 Å². The summed E-state index contributed by atoms with van der Waals surface area (Å²) in [6.45, 7) is 5.71. The molecule has 1 N–H and O–H groups in total. The van der Waals surface area contributed by atoms with Crippen molar-refractivity contribution >= 4 is 11.9 Å². The van der Waals surface area contributed by atoms with Crippen molar-refractivity contribution in [3.63, 3.8) is 0 Å². The largest absolute Gasteiger partial charge is 0.467 e. The topological polar surface area (TPSA) is 64.6 Å². The molecule has 0 bridgehead atoms. The summed E-state index contributed by atoms with van der Waals surface area (Å²) in [5, 5.41) is 2.70. The van der Waals surface area contributed by atoms with Gasteiger partial charge in [-0.2, -0.15) is 0 Å². The predicted molar refractivity (Wildman–Crippen MR) is 95.8 cm³/mol. The van der Waals surface area contributed by atoms with Crippen LogP contribution in [-0.4, -0.2) is 25.0 Å². The molecule has 0 aromatic heterocycles. The Morgan fingerprint density at radius 2 is 1.44 bits per heavy atom. The molecule has 2 aromatic rings. The van der Waals surface area contributed by atoms with Gasteiger partial charge in [-0.05, 0) is 49.2 Å². The molecule has 0 radical (unpaired) electrons. The molecular formula is C20H23NO4. The average molecular weight is 341 g/mol. The van der Waals surface area contributed by atoms with Crippen molar-refractivity contribution in [2.45, 2.75) is 26.8 Å². The molecule has 0 aliphatic heterocycles. The first-order chi connectivity index (χ1) is 11.9. The molecule has 0 heterocycles. The van der Waals surface area contributed by atoms with Crippen molar-refractivity contribution < 1.29 is 19.1 Å². The number of aryl methyl sites for hydroxylation is 1. The molecule has 0 aliphatic rings. The van der Waals surface area contributed by atoms with Gasteiger partial charge in [0.25, 0.3) is 5.91 Å². The second kappa shape index (κ2) is 8.33. The van der Waals surface area contributed by atoms with Crippen molar-refractivity contribution in [3.8, 4) is 11.5 Å². The summed E-state index contributed by atoms with van der Waals surface area (Å²) < 4.78 is 10.5. The summed E-state index contributed by atoms with van der Waals surface area (Å²) in [6.07, 6.45) is 0. The van der Waals surface area contributed by atoms with Gasteiger partial charge in [0.05, 0.1) is 7.11 Å². The van der Waals surface area contributed by atoms with Gasteiger partial charge in [-0.25, -0.2) is 4.79 Å². The Morgan fingerprint density at radius 3 is 1.92 bits per heavy atom. The normalized spacial score (nSPS) is 11.7. The van der Waals surface area contributed by atoms with Gasteiger partial charge in [0.1, 0.15) is 17.5 Å². The quantitative estimate of drug-likeness (QED) is 0.814. The third kappa shape index (κ3) is 5.08. The summed E-state index contributed by atoms with van der Waals surface area (Å²) in [5.74, 6) is 0.511. The number of benzene rings is 2. The maximum absolute atomic E-state index is 12.3. The Bertz CT molecular complexity index is 720. The van der Waals surface area contributed by atoms with Crippen molar-refractivity contribution in [2.75, 3.05) is 7.11 Å². The van der Waals surface area contributed by atoms with E-state index < -0.39 is 12.0 Å². The summed E-state index contributed by atoms with van der Waals surface area (Å²) in [7, 11) is 1.31. The van der Waals surface area contributed by atoms with Crippen molar-refractivity contribution in [1.82, 2.24) is 5.32 Å². The minimum absolute atomic E-state index is 0.0689. The van der Waals surface area contributed by atoms with Gasteiger partial charge in [-0.1, -0.05) is 31.5 Å². The molecule has 2 rings (SSSR count). The number of nitrogens with one attached hydrogen (secondary N) is 1. The van der Waals surface area contributed by atoms with E-state index in [-0.39, 0.29) is 11.8 Å². The number of hydrogen-bond donors (Lipinski definition) is 1. The Hall–Kier alpha value is -2.82. The Labute approximate surface area is 148 Å². The van der Waals surface area contributed by atoms with Gasteiger partial charge >= 0.3 is 5.97 Å². The molecule has 2 aromatic carbocycles. The molecule has 132 valence electrons. The molecule has 0 aliphatic carbocycles. The highest BCUT2D eigenvalue weighted by molar-refractivity contribution is 5.96. The van der Waals surface area contributed by atoms with Crippen LogP contribution in [0.15, 0.2) is 48.5 Å². The SMILES string of the molecule is COC(=O)[C@@H](NC(=O)c1ccc(Oc2ccc(C)cc2)cc1)C(C)C. The smallest absolute Gasteiger partial charge is 0.328 e. The van der Waals surface area contributed by atoms with Gasteiger partial charge < -0.3 is 14.8 Å². The lowest BCUT2D eigenvalue weighted by Crippen LogP contribution is -2.45. The number of carbonyl (C=O) groups is 2. The van der Waals surface area contributed by atoms with Crippen LogP contribution in [-0.2, 0) is 9.53 Å². The maximum atomic E-state index is 12.3. The highest BCUT2D eigenvalue weighted by Crippen LogP contribution is 2.22. The molecule has 25 heavy (non-hydrogen) atoms. The van der Waals surface area contributed by atoms with E-state index in [1.807, 2.05) is 45.0 Å². The van der Waals surface area contributed by atoms with E-state index in [1.165, 1.54) is 7.11 Å². The highest BCUT2D eigenvalue weighted by Gasteiger charge is 2.25. The van der Waals surface area contributed by atoms with E-state index in [9.17, 15) is 9.59 Å². The fourth-order valence-electron chi connectivity index (χ4n) is 2.27. The highest BCUT2D eigenvalue weighted by atomic mass is 16.5. The maximum Gasteiger partial charge on any atom is 0.328 e. The van der Waals surface area contributed by atoms with Crippen LogP contribution >= 0.6 is 0 Å². The number of methoxy groups -OCH3 is 1. The lowest BCUT2D eigenvalue weighted by molar-refractivity contribution is -0.144. The van der Waals surface area contributed by atoms with Gasteiger partial charge in [0, 0.05) is 5.56 Å². The second-order valence-corrected chi connectivity index (χ2v) is 6.16. The summed E-state index contributed by atoms with van der Waals surface area (Å²) in [5.41, 5.74) is 1.61. The van der Waals surface area contributed by atoms with E-state index in [0.717, 1.165) is 11.3 Å². The van der Waals surface area contributed by atoms with E-state index in [4.69, 9.17) is 9.47 Å². The van der Waals surface area contributed by atoms with Crippen molar-refractivity contribution in [2.24, 2.45) is 5.92 Å². The van der Waals surface area contributed by atoms with Crippen LogP contribution in [0.3, 0.4) is 0 Å². The molecule has 1 atom stereocenters. The number of carbonyl (C=O) groups excluding carboxylic acids is 2. The lowest BCUT2D eigenvalue weighted by atomic mass is 10.0. The molecule has 0 fully saturated rings. The number of ether oxygens (including phenoxy) is 2. The number of rotatable bonds is 6. The number of hydrogen-bond acceptors (Lipinski definition) is 4. The van der Waals surface area contributed by atoms with E-state index in [0.29, 0.717) is 11.3 Å². The van der Waals surface area contributed by atoms with Crippen molar-refractivity contribution in [3.05, 3.63) is 59.7 Å². The molecule has 0 unspecified atom stereocenters. The fraction of sp³-hybridized carbons (Fsp3) is 0.300. The second-order valence-electron chi connectivity index (χ2n) is 6.16. The predicted octanol–water partition coefficient (Wildman–Crippen LogP) is 3.71. The minimum atomic E-state index is -0.680. The monoisotopic (exact) mass is 341 g/mol. The van der Waals surface area contributed by atoms with Crippen LogP contribution in [0.5, 0.6) is 11.5 Å². The number of amides is 1. The first kappa shape index (κ1) is 18.5. The van der Waals surface area contributed by atoms with Gasteiger partial charge in [0.15, 0.2) is 0 Å². The Kier molecular flexibility index (Phi) is 6.17.